The minimum absolute atomic E-state index is 0.0706. The summed E-state index contributed by atoms with van der Waals surface area (Å²) in [6, 6.07) is 7.74. The summed E-state index contributed by atoms with van der Waals surface area (Å²) in [5, 5.41) is 9.98. The van der Waals surface area contributed by atoms with Crippen LogP contribution in [-0.2, 0) is 27.4 Å². The van der Waals surface area contributed by atoms with Crippen LogP contribution in [0, 0.1) is 0 Å². The fourth-order valence-corrected chi connectivity index (χ4v) is 4.38. The van der Waals surface area contributed by atoms with Crippen molar-refractivity contribution in [2.45, 2.75) is 25.5 Å². The standard InChI is InChI=1S/C19H17Cl2NO5S/c20-12-5-11(6-13(21)7-12)3-4-22-15(16(23)8-18(22)24)10-27-9-14-1-2-17(28-14)19(25)26/h1-2,5-7,15H,3-4,8-10H2,(H,25,26)/t15-/m0/s1. The molecule has 2 aromatic rings. The highest BCUT2D eigenvalue weighted by Crippen LogP contribution is 2.22. The first-order chi connectivity index (χ1) is 13.3. The fraction of sp³-hybridized carbons (Fsp3) is 0.316. The van der Waals surface area contributed by atoms with Crippen molar-refractivity contribution in [2.24, 2.45) is 0 Å². The summed E-state index contributed by atoms with van der Waals surface area (Å²) < 4.78 is 5.60. The van der Waals surface area contributed by atoms with Crippen LogP contribution in [0.3, 0.4) is 0 Å². The predicted molar refractivity (Wildman–Crippen MR) is 106 cm³/mol. The molecule has 6 nitrogen and oxygen atoms in total. The Kier molecular flexibility index (Phi) is 6.72. The van der Waals surface area contributed by atoms with E-state index in [2.05, 4.69) is 0 Å². The van der Waals surface area contributed by atoms with Gasteiger partial charge in [0.1, 0.15) is 10.9 Å². The number of carbonyl (C=O) groups excluding carboxylic acids is 2. The zero-order valence-corrected chi connectivity index (χ0v) is 17.0. The number of benzene rings is 1. The van der Waals surface area contributed by atoms with Crippen LogP contribution >= 0.6 is 34.5 Å². The van der Waals surface area contributed by atoms with Crippen molar-refractivity contribution >= 4 is 52.2 Å². The van der Waals surface area contributed by atoms with Gasteiger partial charge in [0.05, 0.1) is 19.6 Å². The molecule has 0 spiro atoms. The summed E-state index contributed by atoms with van der Waals surface area (Å²) in [6.45, 7) is 0.617. The molecule has 1 fully saturated rings. The van der Waals surface area contributed by atoms with Crippen molar-refractivity contribution in [1.29, 1.82) is 0 Å². The number of carbonyl (C=O) groups is 3. The number of carboxylic acids is 1. The number of Topliss-reactive ketones (excluding diaryl/α,β-unsaturated/α-hetero) is 1. The van der Waals surface area contributed by atoms with E-state index in [0.717, 1.165) is 21.8 Å². The maximum atomic E-state index is 12.2. The fourth-order valence-electron chi connectivity index (χ4n) is 3.03. The monoisotopic (exact) mass is 441 g/mol. The van der Waals surface area contributed by atoms with E-state index in [1.165, 1.54) is 11.0 Å². The molecule has 0 saturated carbocycles. The van der Waals surface area contributed by atoms with Gasteiger partial charge in [-0.3, -0.25) is 9.59 Å². The summed E-state index contributed by atoms with van der Waals surface area (Å²) in [4.78, 5) is 37.8. The number of likely N-dealkylation sites (tertiary alicyclic amines) is 1. The van der Waals surface area contributed by atoms with Crippen LogP contribution in [0.5, 0.6) is 0 Å². The van der Waals surface area contributed by atoms with Crippen molar-refractivity contribution in [1.82, 2.24) is 4.90 Å². The average molecular weight is 442 g/mol. The van der Waals surface area contributed by atoms with Crippen molar-refractivity contribution in [2.75, 3.05) is 13.2 Å². The highest BCUT2D eigenvalue weighted by Gasteiger charge is 2.38. The number of ketones is 1. The largest absolute Gasteiger partial charge is 0.477 e. The van der Waals surface area contributed by atoms with Crippen molar-refractivity contribution in [3.05, 3.63) is 55.7 Å². The lowest BCUT2D eigenvalue weighted by Gasteiger charge is -2.23. The van der Waals surface area contributed by atoms with Gasteiger partial charge in [0.2, 0.25) is 5.91 Å². The molecule has 0 unspecified atom stereocenters. The Morgan fingerprint density at radius 2 is 1.93 bits per heavy atom. The summed E-state index contributed by atoms with van der Waals surface area (Å²) in [6.07, 6.45) is 0.384. The van der Waals surface area contributed by atoms with Crippen LogP contribution in [0.25, 0.3) is 0 Å². The molecule has 1 N–H and O–H groups in total. The molecule has 3 rings (SSSR count). The van der Waals surface area contributed by atoms with Crippen LogP contribution in [0.4, 0.5) is 0 Å². The summed E-state index contributed by atoms with van der Waals surface area (Å²) in [5.41, 5.74) is 0.879. The van der Waals surface area contributed by atoms with E-state index >= 15 is 0 Å². The molecule has 28 heavy (non-hydrogen) atoms. The Labute approximate surface area is 175 Å². The molecule has 1 aromatic heterocycles. The predicted octanol–water partition coefficient (Wildman–Crippen LogP) is 3.68. The maximum Gasteiger partial charge on any atom is 0.345 e. The molecule has 1 amide bonds. The van der Waals surface area contributed by atoms with Gasteiger partial charge < -0.3 is 14.7 Å². The molecule has 1 aliphatic heterocycles. The summed E-state index contributed by atoms with van der Waals surface area (Å²) in [7, 11) is 0. The highest BCUT2D eigenvalue weighted by atomic mass is 35.5. The van der Waals surface area contributed by atoms with Crippen LogP contribution in [0.2, 0.25) is 10.0 Å². The van der Waals surface area contributed by atoms with Gasteiger partial charge in [-0.05, 0) is 42.3 Å². The van der Waals surface area contributed by atoms with Crippen LogP contribution in [0.15, 0.2) is 30.3 Å². The average Bonchev–Trinajstić information content (AvgIpc) is 3.18. The number of aromatic carboxylic acids is 1. The highest BCUT2D eigenvalue weighted by molar-refractivity contribution is 7.13. The molecule has 2 heterocycles. The van der Waals surface area contributed by atoms with Gasteiger partial charge in [0.25, 0.3) is 0 Å². The molecule has 9 heteroatoms. The Hall–Kier alpha value is -1.93. The van der Waals surface area contributed by atoms with Gasteiger partial charge in [0.15, 0.2) is 5.78 Å². The number of halogens is 2. The lowest BCUT2D eigenvalue weighted by atomic mass is 10.1. The molecule has 1 aliphatic rings. The lowest BCUT2D eigenvalue weighted by Crippen LogP contribution is -2.40. The van der Waals surface area contributed by atoms with Gasteiger partial charge in [-0.2, -0.15) is 0 Å². The third kappa shape index (κ3) is 5.11. The van der Waals surface area contributed by atoms with Crippen molar-refractivity contribution in [3.63, 3.8) is 0 Å². The van der Waals surface area contributed by atoms with Gasteiger partial charge in [-0.25, -0.2) is 4.79 Å². The number of thiophene rings is 1. The normalized spacial score (nSPS) is 16.8. The van der Waals surface area contributed by atoms with E-state index in [-0.39, 0.29) is 36.2 Å². The maximum absolute atomic E-state index is 12.2. The Morgan fingerprint density at radius 1 is 1.21 bits per heavy atom. The van der Waals surface area contributed by atoms with Gasteiger partial charge >= 0.3 is 5.97 Å². The second-order valence-electron chi connectivity index (χ2n) is 6.36. The second kappa shape index (κ2) is 9.05. The van der Waals surface area contributed by atoms with Gasteiger partial charge in [-0.1, -0.05) is 23.2 Å². The minimum Gasteiger partial charge on any atom is -0.477 e. The van der Waals surface area contributed by atoms with E-state index in [1.807, 2.05) is 0 Å². The van der Waals surface area contributed by atoms with Crippen molar-refractivity contribution in [3.8, 4) is 0 Å². The van der Waals surface area contributed by atoms with E-state index in [9.17, 15) is 14.4 Å². The smallest absolute Gasteiger partial charge is 0.345 e. The third-order valence-electron chi connectivity index (χ3n) is 4.35. The molecule has 148 valence electrons. The Balaban J connectivity index is 1.57. The number of nitrogens with zero attached hydrogens (tertiary/aromatic N) is 1. The van der Waals surface area contributed by atoms with Gasteiger partial charge in [-0.15, -0.1) is 11.3 Å². The zero-order valence-electron chi connectivity index (χ0n) is 14.7. The molecular formula is C19H17Cl2NO5S. The quantitative estimate of drug-likeness (QED) is 0.631. The minimum atomic E-state index is -0.986. The lowest BCUT2D eigenvalue weighted by molar-refractivity contribution is -0.130. The number of rotatable bonds is 8. The first-order valence-corrected chi connectivity index (χ1v) is 10.1. The summed E-state index contributed by atoms with van der Waals surface area (Å²) in [5.74, 6) is -1.39. The number of hydrogen-bond donors (Lipinski definition) is 1. The van der Waals surface area contributed by atoms with E-state index in [1.54, 1.807) is 24.3 Å². The third-order valence-corrected chi connectivity index (χ3v) is 5.83. The Bertz CT molecular complexity index is 893. The van der Waals surface area contributed by atoms with Crippen LogP contribution in [0.1, 0.15) is 26.5 Å². The molecule has 1 saturated heterocycles. The van der Waals surface area contributed by atoms with E-state index in [0.29, 0.717) is 23.0 Å². The number of carboxylic acid groups (broad SMARTS) is 1. The molecular weight excluding hydrogens is 425 g/mol. The second-order valence-corrected chi connectivity index (χ2v) is 8.40. The molecule has 1 atom stereocenters. The van der Waals surface area contributed by atoms with E-state index < -0.39 is 12.0 Å². The first kappa shape index (κ1) is 20.8. The SMILES string of the molecule is O=C(O)c1ccc(COC[C@H]2C(=O)CC(=O)N2CCc2cc(Cl)cc(Cl)c2)s1. The van der Waals surface area contributed by atoms with E-state index in [4.69, 9.17) is 33.0 Å². The molecule has 0 aliphatic carbocycles. The number of amides is 1. The summed E-state index contributed by atoms with van der Waals surface area (Å²) >= 11 is 13.1. The number of ether oxygens (including phenoxy) is 1. The van der Waals surface area contributed by atoms with Crippen molar-refractivity contribution < 1.29 is 24.2 Å². The molecule has 1 aromatic carbocycles. The topological polar surface area (TPSA) is 83.9 Å². The van der Waals surface area contributed by atoms with Crippen LogP contribution in [-0.4, -0.2) is 46.9 Å². The zero-order chi connectivity index (χ0) is 20.3. The Morgan fingerprint density at radius 3 is 2.57 bits per heavy atom. The molecule has 0 bridgehead atoms. The van der Waals surface area contributed by atoms with Crippen LogP contribution < -0.4 is 0 Å². The van der Waals surface area contributed by atoms with Gasteiger partial charge in [0, 0.05) is 21.5 Å². The molecule has 0 radical (unpaired) electrons. The number of hydrogen-bond acceptors (Lipinski definition) is 5. The first-order valence-electron chi connectivity index (χ1n) is 8.50.